The van der Waals surface area contributed by atoms with Gasteiger partial charge >= 0.3 is 12.0 Å². The quantitative estimate of drug-likeness (QED) is 0.531. The molecule has 1 aromatic heterocycles. The van der Waals surface area contributed by atoms with Gasteiger partial charge in [-0.3, -0.25) is 0 Å². The molecule has 2 amide bonds. The van der Waals surface area contributed by atoms with E-state index < -0.39 is 12.0 Å². The minimum Gasteiger partial charge on any atom is -0.497 e. The molecular weight excluding hydrogens is 398 g/mol. The predicted molar refractivity (Wildman–Crippen MR) is 112 cm³/mol. The topological polar surface area (TPSA) is 94.2 Å². The van der Waals surface area contributed by atoms with Gasteiger partial charge in [-0.1, -0.05) is 0 Å². The molecule has 1 aliphatic carbocycles. The molecule has 0 bridgehead atoms. The highest BCUT2D eigenvalue weighted by Crippen LogP contribution is 2.28. The monoisotopic (exact) mass is 426 g/mol. The summed E-state index contributed by atoms with van der Waals surface area (Å²) in [7, 11) is 1.65. The zero-order valence-electron chi connectivity index (χ0n) is 17.8. The Kier molecular flexibility index (Phi) is 6.27. The number of methoxy groups -OCH3 is 1. The zero-order chi connectivity index (χ0) is 21.8. The van der Waals surface area contributed by atoms with E-state index in [0.29, 0.717) is 29.6 Å². The fourth-order valence-corrected chi connectivity index (χ4v) is 3.95. The van der Waals surface area contributed by atoms with Crippen molar-refractivity contribution in [2.24, 2.45) is 0 Å². The Labute approximate surface area is 181 Å². The Morgan fingerprint density at radius 2 is 1.97 bits per heavy atom. The Morgan fingerprint density at radius 3 is 2.58 bits per heavy atom. The molecule has 1 fully saturated rings. The summed E-state index contributed by atoms with van der Waals surface area (Å²) >= 11 is 0. The highest BCUT2D eigenvalue weighted by Gasteiger charge is 2.39. The third-order valence-electron chi connectivity index (χ3n) is 5.63. The van der Waals surface area contributed by atoms with E-state index in [0.717, 1.165) is 25.1 Å². The van der Waals surface area contributed by atoms with Gasteiger partial charge < -0.3 is 29.4 Å². The number of quaternary nitrogens is 1. The van der Waals surface area contributed by atoms with Gasteiger partial charge in [0.15, 0.2) is 0 Å². The predicted octanol–water partition coefficient (Wildman–Crippen LogP) is 1.71. The fourth-order valence-electron chi connectivity index (χ4n) is 3.95. The van der Waals surface area contributed by atoms with Crippen molar-refractivity contribution >= 4 is 12.0 Å². The van der Waals surface area contributed by atoms with E-state index in [1.54, 1.807) is 26.2 Å². The van der Waals surface area contributed by atoms with Gasteiger partial charge in [-0.2, -0.15) is 0 Å². The van der Waals surface area contributed by atoms with Crippen LogP contribution in [0.25, 0.3) is 0 Å². The fraction of sp³-hybridized carbons (Fsp3) is 0.391. The minimum atomic E-state index is -0.681. The summed E-state index contributed by atoms with van der Waals surface area (Å²) in [5, 5.41) is 5.65. The molecule has 2 aliphatic rings. The standard InChI is InChI=1S/C23H27N3O5/c1-3-30-22(27)20-18(24-23(28)25-21(20)19-5-4-12-31-19)14-26(16-8-9-16)13-15-6-10-17(29-2)11-7-15/h4-7,10-12,16,21H,3,8-9,13-14H2,1-2H3,(H2,24,25,28)/p+1/t21-/m1/s1. The van der Waals surface area contributed by atoms with Crippen molar-refractivity contribution in [1.29, 1.82) is 0 Å². The zero-order valence-corrected chi connectivity index (χ0v) is 17.8. The minimum absolute atomic E-state index is 0.249. The van der Waals surface area contributed by atoms with Gasteiger partial charge in [-0.25, -0.2) is 9.59 Å². The van der Waals surface area contributed by atoms with Crippen LogP contribution in [0.3, 0.4) is 0 Å². The number of urea groups is 1. The van der Waals surface area contributed by atoms with Crippen molar-refractivity contribution in [3.8, 4) is 5.75 Å². The molecule has 8 heteroatoms. The first-order valence-electron chi connectivity index (χ1n) is 10.6. The molecular formula is C23H28N3O5+. The summed E-state index contributed by atoms with van der Waals surface area (Å²) in [5.41, 5.74) is 2.15. The smallest absolute Gasteiger partial charge is 0.338 e. The van der Waals surface area contributed by atoms with Crippen LogP contribution in [-0.4, -0.2) is 38.3 Å². The second-order valence-electron chi connectivity index (χ2n) is 7.79. The summed E-state index contributed by atoms with van der Waals surface area (Å²) in [4.78, 5) is 26.6. The lowest BCUT2D eigenvalue weighted by molar-refractivity contribution is -0.920. The van der Waals surface area contributed by atoms with Crippen LogP contribution in [-0.2, 0) is 16.1 Å². The maximum absolute atomic E-state index is 12.9. The number of ether oxygens (including phenoxy) is 2. The number of nitrogens with one attached hydrogen (secondary N) is 3. The van der Waals surface area contributed by atoms with E-state index in [1.165, 1.54) is 16.7 Å². The number of benzene rings is 1. The van der Waals surface area contributed by atoms with Crippen LogP contribution < -0.4 is 20.3 Å². The average Bonchev–Trinajstić information content (AvgIpc) is 3.47. The molecule has 8 nitrogen and oxygen atoms in total. The van der Waals surface area contributed by atoms with Crippen LogP contribution in [0.5, 0.6) is 5.75 Å². The third-order valence-corrected chi connectivity index (χ3v) is 5.63. The number of hydrogen-bond acceptors (Lipinski definition) is 5. The van der Waals surface area contributed by atoms with Gasteiger partial charge in [0.1, 0.15) is 30.6 Å². The van der Waals surface area contributed by atoms with Crippen LogP contribution in [0.15, 0.2) is 58.3 Å². The lowest BCUT2D eigenvalue weighted by Gasteiger charge is -2.29. The van der Waals surface area contributed by atoms with Crippen LogP contribution in [0.4, 0.5) is 4.79 Å². The first-order chi connectivity index (χ1) is 15.1. The van der Waals surface area contributed by atoms with Crippen molar-refractivity contribution in [2.75, 3.05) is 20.3 Å². The van der Waals surface area contributed by atoms with Gasteiger partial charge in [-0.05, 0) is 43.3 Å². The molecule has 3 N–H and O–H groups in total. The second-order valence-corrected chi connectivity index (χ2v) is 7.79. The molecule has 4 rings (SSSR count). The summed E-state index contributed by atoms with van der Waals surface area (Å²) in [6.45, 7) is 3.30. The van der Waals surface area contributed by atoms with Crippen molar-refractivity contribution in [3.05, 3.63) is 65.3 Å². The van der Waals surface area contributed by atoms with E-state index >= 15 is 0 Å². The normalized spacial score (nSPS) is 19.4. The summed E-state index contributed by atoms with van der Waals surface area (Å²) < 4.78 is 16.1. The lowest BCUT2D eigenvalue weighted by atomic mass is 9.99. The van der Waals surface area contributed by atoms with Crippen LogP contribution in [0, 0.1) is 0 Å². The van der Waals surface area contributed by atoms with Gasteiger partial charge in [0.25, 0.3) is 0 Å². The molecule has 0 spiro atoms. The maximum atomic E-state index is 12.9. The van der Waals surface area contributed by atoms with Crippen LogP contribution in [0.1, 0.15) is 37.1 Å². The van der Waals surface area contributed by atoms with E-state index in [1.807, 2.05) is 12.1 Å². The van der Waals surface area contributed by atoms with Crippen molar-refractivity contribution in [2.45, 2.75) is 38.4 Å². The Morgan fingerprint density at radius 1 is 1.19 bits per heavy atom. The Bertz CT molecular complexity index is 948. The molecule has 0 radical (unpaired) electrons. The SMILES string of the molecule is CCOC(=O)C1=C(C[NH+](Cc2ccc(OC)cc2)C2CC2)NC(=O)N[C@@H]1c1ccco1. The first kappa shape index (κ1) is 21.0. The molecule has 1 saturated carbocycles. The number of amides is 2. The van der Waals surface area contributed by atoms with Crippen molar-refractivity contribution in [1.82, 2.24) is 10.6 Å². The molecule has 164 valence electrons. The highest BCUT2D eigenvalue weighted by molar-refractivity contribution is 5.95. The largest absolute Gasteiger partial charge is 0.497 e. The van der Waals surface area contributed by atoms with E-state index in [2.05, 4.69) is 22.8 Å². The number of esters is 1. The maximum Gasteiger partial charge on any atom is 0.338 e. The number of hydrogen-bond donors (Lipinski definition) is 3. The van der Waals surface area contributed by atoms with E-state index in [9.17, 15) is 9.59 Å². The molecule has 1 unspecified atom stereocenters. The summed E-state index contributed by atoms with van der Waals surface area (Å²) in [6.07, 6.45) is 3.78. The van der Waals surface area contributed by atoms with Crippen LogP contribution >= 0.6 is 0 Å². The molecule has 0 saturated heterocycles. The van der Waals surface area contributed by atoms with Gasteiger partial charge in [-0.15, -0.1) is 0 Å². The highest BCUT2D eigenvalue weighted by atomic mass is 16.5. The van der Waals surface area contributed by atoms with Gasteiger partial charge in [0, 0.05) is 18.4 Å². The Hall–Kier alpha value is -3.26. The van der Waals surface area contributed by atoms with E-state index in [4.69, 9.17) is 13.9 Å². The molecule has 2 heterocycles. The number of rotatable bonds is 9. The summed E-state index contributed by atoms with van der Waals surface area (Å²) in [5.74, 6) is 0.862. The number of furan rings is 1. The van der Waals surface area contributed by atoms with Gasteiger partial charge in [0.05, 0.1) is 37.3 Å². The lowest BCUT2D eigenvalue weighted by Crippen LogP contribution is -3.12. The molecule has 1 aromatic carbocycles. The molecule has 1 aliphatic heterocycles. The molecule has 2 aromatic rings. The first-order valence-corrected chi connectivity index (χ1v) is 10.6. The van der Waals surface area contributed by atoms with Crippen molar-refractivity contribution in [3.63, 3.8) is 0 Å². The Balaban J connectivity index is 1.63. The van der Waals surface area contributed by atoms with E-state index in [-0.39, 0.29) is 12.6 Å². The molecule has 31 heavy (non-hydrogen) atoms. The average molecular weight is 426 g/mol. The molecule has 2 atom stereocenters. The number of carbonyl (C=O) groups is 2. The third kappa shape index (κ3) is 4.91. The summed E-state index contributed by atoms with van der Waals surface area (Å²) in [6, 6.07) is 10.9. The van der Waals surface area contributed by atoms with Crippen molar-refractivity contribution < 1.29 is 28.4 Å². The number of carbonyl (C=O) groups excluding carboxylic acids is 2. The van der Waals surface area contributed by atoms with Gasteiger partial charge in [0.2, 0.25) is 0 Å². The van der Waals surface area contributed by atoms with Crippen LogP contribution in [0.2, 0.25) is 0 Å². The second kappa shape index (κ2) is 9.26.